The zero-order valence-electron chi connectivity index (χ0n) is 7.06. The van der Waals surface area contributed by atoms with Gasteiger partial charge in [0, 0.05) is 18.5 Å². The maximum Gasteiger partial charge on any atom is 0.243 e. The molecule has 13 heavy (non-hydrogen) atoms. The number of fused-ring (bicyclic) bond motifs is 1. The van der Waals surface area contributed by atoms with E-state index >= 15 is 0 Å². The van der Waals surface area contributed by atoms with Crippen molar-refractivity contribution in [2.24, 2.45) is 0 Å². The summed E-state index contributed by atoms with van der Waals surface area (Å²) in [5.41, 5.74) is 0.456. The lowest BCUT2D eigenvalue weighted by molar-refractivity contribution is 0.0922. The van der Waals surface area contributed by atoms with Crippen molar-refractivity contribution in [2.75, 3.05) is 0 Å². The Hall–Kier alpha value is -1.84. The van der Waals surface area contributed by atoms with Crippen LogP contribution in [0.3, 0.4) is 0 Å². The Balaban J connectivity index is 2.75. The Kier molecular flexibility index (Phi) is 1.55. The molecular formula is C9H8N2O2. The highest BCUT2D eigenvalue weighted by Gasteiger charge is 2.06. The molecule has 0 aliphatic carbocycles. The molecule has 66 valence electrons. The van der Waals surface area contributed by atoms with Gasteiger partial charge in [-0.1, -0.05) is 12.1 Å². The number of aromatic hydroxyl groups is 1. The maximum absolute atomic E-state index is 10.9. The van der Waals surface area contributed by atoms with Crippen molar-refractivity contribution in [2.45, 2.75) is 6.92 Å². The lowest BCUT2D eigenvalue weighted by Crippen LogP contribution is -2.04. The van der Waals surface area contributed by atoms with Gasteiger partial charge in [-0.05, 0) is 6.07 Å². The molecule has 1 aromatic heterocycles. The van der Waals surface area contributed by atoms with Gasteiger partial charge in [-0.2, -0.15) is 5.10 Å². The van der Waals surface area contributed by atoms with Crippen molar-refractivity contribution in [3.8, 4) is 5.75 Å². The summed E-state index contributed by atoms with van der Waals surface area (Å²) in [6.07, 6.45) is 1.59. The molecule has 4 heteroatoms. The lowest BCUT2D eigenvalue weighted by Gasteiger charge is -1.90. The Morgan fingerprint density at radius 2 is 2.31 bits per heavy atom. The minimum absolute atomic E-state index is 0.0949. The first-order chi connectivity index (χ1) is 6.18. The van der Waals surface area contributed by atoms with Gasteiger partial charge in [0.05, 0.1) is 0 Å². The topological polar surface area (TPSA) is 55.1 Å². The average molecular weight is 176 g/mol. The molecule has 0 saturated heterocycles. The van der Waals surface area contributed by atoms with Crippen LogP contribution in [0, 0.1) is 0 Å². The maximum atomic E-state index is 10.9. The van der Waals surface area contributed by atoms with Crippen LogP contribution < -0.4 is 0 Å². The van der Waals surface area contributed by atoms with Gasteiger partial charge in [-0.3, -0.25) is 4.79 Å². The van der Waals surface area contributed by atoms with E-state index in [-0.39, 0.29) is 11.7 Å². The molecule has 1 aromatic carbocycles. The van der Waals surface area contributed by atoms with Crippen molar-refractivity contribution in [1.82, 2.24) is 9.78 Å². The van der Waals surface area contributed by atoms with E-state index in [9.17, 15) is 9.90 Å². The smallest absolute Gasteiger partial charge is 0.243 e. The molecule has 0 atom stereocenters. The molecule has 0 spiro atoms. The molecule has 0 amide bonds. The predicted molar refractivity (Wildman–Crippen MR) is 47.7 cm³/mol. The lowest BCUT2D eigenvalue weighted by atomic mass is 10.2. The fourth-order valence-electron chi connectivity index (χ4n) is 1.19. The van der Waals surface area contributed by atoms with Crippen molar-refractivity contribution in [3.05, 3.63) is 24.4 Å². The van der Waals surface area contributed by atoms with Crippen LogP contribution in [0.1, 0.15) is 11.7 Å². The van der Waals surface area contributed by atoms with Crippen molar-refractivity contribution >= 4 is 16.8 Å². The summed E-state index contributed by atoms with van der Waals surface area (Å²) in [4.78, 5) is 10.9. The van der Waals surface area contributed by atoms with Crippen LogP contribution >= 0.6 is 0 Å². The minimum atomic E-state index is -0.171. The minimum Gasteiger partial charge on any atom is -0.506 e. The van der Waals surface area contributed by atoms with Gasteiger partial charge >= 0.3 is 0 Å². The van der Waals surface area contributed by atoms with E-state index in [2.05, 4.69) is 5.10 Å². The molecule has 2 rings (SSSR count). The standard InChI is InChI=1S/C9H8N2O2/c1-6(12)11-5-7-3-2-4-8(13)9(7)10-11/h2-5,13H,1H3. The second kappa shape index (κ2) is 2.58. The molecule has 0 saturated carbocycles. The number of aromatic nitrogens is 2. The summed E-state index contributed by atoms with van der Waals surface area (Å²) in [5, 5.41) is 14.1. The second-order valence-corrected chi connectivity index (χ2v) is 2.81. The molecule has 0 unspecified atom stereocenters. The summed E-state index contributed by atoms with van der Waals surface area (Å²) in [7, 11) is 0. The van der Waals surface area contributed by atoms with Crippen LogP contribution in [0.4, 0.5) is 0 Å². The Morgan fingerprint density at radius 3 is 2.92 bits per heavy atom. The van der Waals surface area contributed by atoms with Crippen LogP contribution in [0.2, 0.25) is 0 Å². The van der Waals surface area contributed by atoms with Gasteiger partial charge in [-0.15, -0.1) is 0 Å². The molecule has 4 nitrogen and oxygen atoms in total. The number of rotatable bonds is 0. The van der Waals surface area contributed by atoms with Gasteiger partial charge in [0.1, 0.15) is 11.3 Å². The molecule has 0 aliphatic rings. The number of phenolic OH excluding ortho intramolecular Hbond substituents is 1. The average Bonchev–Trinajstić information content (AvgIpc) is 2.49. The normalized spacial score (nSPS) is 10.5. The number of carbonyl (C=O) groups excluding carboxylic acids is 1. The molecule has 1 heterocycles. The molecule has 0 bridgehead atoms. The molecule has 1 N–H and O–H groups in total. The van der Waals surface area contributed by atoms with Gasteiger partial charge in [-0.25, -0.2) is 4.68 Å². The van der Waals surface area contributed by atoms with Gasteiger partial charge in [0.25, 0.3) is 0 Å². The summed E-state index contributed by atoms with van der Waals surface area (Å²) in [6, 6.07) is 5.05. The highest BCUT2D eigenvalue weighted by atomic mass is 16.3. The van der Waals surface area contributed by atoms with E-state index < -0.39 is 0 Å². The predicted octanol–water partition coefficient (Wildman–Crippen LogP) is 1.40. The largest absolute Gasteiger partial charge is 0.506 e. The first kappa shape index (κ1) is 7.79. The number of hydrogen-bond acceptors (Lipinski definition) is 3. The van der Waals surface area contributed by atoms with Crippen molar-refractivity contribution in [3.63, 3.8) is 0 Å². The SMILES string of the molecule is CC(=O)n1cc2cccc(O)c2n1. The first-order valence-corrected chi connectivity index (χ1v) is 3.87. The zero-order chi connectivity index (χ0) is 9.42. The zero-order valence-corrected chi connectivity index (χ0v) is 7.06. The van der Waals surface area contributed by atoms with Gasteiger partial charge < -0.3 is 5.11 Å². The summed E-state index contributed by atoms with van der Waals surface area (Å²) >= 11 is 0. The Morgan fingerprint density at radius 1 is 1.54 bits per heavy atom. The quantitative estimate of drug-likeness (QED) is 0.660. The monoisotopic (exact) mass is 176 g/mol. The highest BCUT2D eigenvalue weighted by Crippen LogP contribution is 2.21. The van der Waals surface area contributed by atoms with Crippen molar-refractivity contribution < 1.29 is 9.90 Å². The van der Waals surface area contributed by atoms with E-state index in [0.717, 1.165) is 5.39 Å². The fraction of sp³-hybridized carbons (Fsp3) is 0.111. The molecule has 0 aliphatic heterocycles. The van der Waals surface area contributed by atoms with E-state index in [1.807, 2.05) is 0 Å². The van der Waals surface area contributed by atoms with Crippen LogP contribution in [0.5, 0.6) is 5.75 Å². The van der Waals surface area contributed by atoms with E-state index in [0.29, 0.717) is 5.52 Å². The van der Waals surface area contributed by atoms with Gasteiger partial charge in [0.15, 0.2) is 0 Å². The number of nitrogens with zero attached hydrogens (tertiary/aromatic N) is 2. The Labute approximate surface area is 74.4 Å². The number of hydrogen-bond donors (Lipinski definition) is 1. The number of benzene rings is 1. The van der Waals surface area contributed by atoms with Crippen molar-refractivity contribution in [1.29, 1.82) is 0 Å². The molecular weight excluding hydrogens is 168 g/mol. The highest BCUT2D eigenvalue weighted by molar-refractivity contribution is 5.87. The van der Waals surface area contributed by atoms with Crippen LogP contribution in [-0.4, -0.2) is 20.8 Å². The summed E-state index contributed by atoms with van der Waals surface area (Å²) in [5.74, 6) is -0.0758. The molecule has 0 radical (unpaired) electrons. The van der Waals surface area contributed by atoms with E-state index in [4.69, 9.17) is 0 Å². The third-order valence-electron chi connectivity index (χ3n) is 1.84. The third-order valence-corrected chi connectivity index (χ3v) is 1.84. The molecule has 2 aromatic rings. The Bertz CT molecular complexity index is 473. The fourth-order valence-corrected chi connectivity index (χ4v) is 1.19. The van der Waals surface area contributed by atoms with E-state index in [1.54, 1.807) is 24.4 Å². The van der Waals surface area contributed by atoms with Crippen LogP contribution in [0.15, 0.2) is 24.4 Å². The summed E-state index contributed by atoms with van der Waals surface area (Å²) < 4.78 is 1.21. The second-order valence-electron chi connectivity index (χ2n) is 2.81. The van der Waals surface area contributed by atoms with Gasteiger partial charge in [0.2, 0.25) is 5.91 Å². The van der Waals surface area contributed by atoms with Crippen LogP contribution in [-0.2, 0) is 0 Å². The third kappa shape index (κ3) is 1.16. The van der Waals surface area contributed by atoms with Crippen LogP contribution in [0.25, 0.3) is 10.9 Å². The summed E-state index contributed by atoms with van der Waals surface area (Å²) in [6.45, 7) is 1.42. The first-order valence-electron chi connectivity index (χ1n) is 3.87. The number of phenols is 1. The van der Waals surface area contributed by atoms with E-state index in [1.165, 1.54) is 11.6 Å². The number of carbonyl (C=O) groups is 1. The molecule has 0 fully saturated rings.